The molecule has 7 heteroatoms. The summed E-state index contributed by atoms with van der Waals surface area (Å²) in [4.78, 5) is 20.5. The van der Waals surface area contributed by atoms with Crippen molar-refractivity contribution < 1.29 is 9.53 Å². The predicted molar refractivity (Wildman–Crippen MR) is 92.4 cm³/mol. The fourth-order valence-corrected chi connectivity index (χ4v) is 2.74. The second-order valence-electron chi connectivity index (χ2n) is 5.02. The molecule has 3 aromatic rings. The zero-order valence-corrected chi connectivity index (χ0v) is 14.3. The third kappa shape index (κ3) is 3.27. The van der Waals surface area contributed by atoms with E-state index in [-0.39, 0.29) is 0 Å². The van der Waals surface area contributed by atoms with Crippen molar-refractivity contribution in [3.05, 3.63) is 70.2 Å². The maximum atomic E-state index is 12.1. The molecule has 0 radical (unpaired) electrons. The van der Waals surface area contributed by atoms with E-state index < -0.39 is 5.97 Å². The fourth-order valence-electron chi connectivity index (χ4n) is 2.36. The van der Waals surface area contributed by atoms with Gasteiger partial charge in [-0.2, -0.15) is 0 Å². The van der Waals surface area contributed by atoms with Crippen LogP contribution in [0.1, 0.15) is 16.1 Å². The lowest BCUT2D eigenvalue weighted by Crippen LogP contribution is -2.13. The van der Waals surface area contributed by atoms with Crippen LogP contribution in [0.2, 0.25) is 10.0 Å². The lowest BCUT2D eigenvalue weighted by Gasteiger charge is -2.12. The molecule has 0 aliphatic carbocycles. The second-order valence-corrected chi connectivity index (χ2v) is 5.87. The molecule has 0 unspecified atom stereocenters. The smallest absolute Gasteiger partial charge is 0.356 e. The third-order valence-corrected chi connectivity index (χ3v) is 4.11. The summed E-state index contributed by atoms with van der Waals surface area (Å²) in [5.41, 5.74) is 1.88. The first-order valence-corrected chi connectivity index (χ1v) is 7.84. The zero-order chi connectivity index (χ0) is 17.1. The van der Waals surface area contributed by atoms with Crippen LogP contribution in [0.25, 0.3) is 11.4 Å². The Balaban J connectivity index is 2.11. The van der Waals surface area contributed by atoms with Crippen LogP contribution in [0, 0.1) is 0 Å². The van der Waals surface area contributed by atoms with E-state index in [1.54, 1.807) is 41.2 Å². The van der Waals surface area contributed by atoms with Gasteiger partial charge in [0.1, 0.15) is 11.5 Å². The van der Waals surface area contributed by atoms with Crippen molar-refractivity contribution in [2.75, 3.05) is 7.11 Å². The normalized spacial score (nSPS) is 10.6. The molecule has 0 amide bonds. The van der Waals surface area contributed by atoms with E-state index in [0.29, 0.717) is 28.1 Å². The number of carbonyl (C=O) groups excluding carboxylic acids is 1. The van der Waals surface area contributed by atoms with E-state index in [9.17, 15) is 4.79 Å². The average molecular weight is 362 g/mol. The average Bonchev–Trinajstić information content (AvgIpc) is 3.02. The molecule has 0 N–H and O–H groups in total. The number of hydrogen-bond donors (Lipinski definition) is 0. The standard InChI is InChI=1S/C17H13Cl2N3O2/c1-24-17(23)15-9-21-16(11-3-2-6-20-8-11)22(15)10-12-7-13(18)4-5-14(12)19/h2-9H,10H2,1H3. The number of ether oxygens (including phenoxy) is 1. The summed E-state index contributed by atoms with van der Waals surface area (Å²) >= 11 is 12.3. The number of imidazole rings is 1. The molecule has 122 valence electrons. The van der Waals surface area contributed by atoms with E-state index in [1.807, 2.05) is 6.07 Å². The number of carbonyl (C=O) groups is 1. The summed E-state index contributed by atoms with van der Waals surface area (Å²) in [6.07, 6.45) is 4.83. The number of pyridine rings is 1. The molecule has 0 fully saturated rings. The lowest BCUT2D eigenvalue weighted by atomic mass is 10.2. The van der Waals surface area contributed by atoms with Gasteiger partial charge in [0.2, 0.25) is 0 Å². The predicted octanol–water partition coefficient (Wildman–Crippen LogP) is 4.09. The number of nitrogens with zero attached hydrogens (tertiary/aromatic N) is 3. The highest BCUT2D eigenvalue weighted by Gasteiger charge is 2.19. The van der Waals surface area contributed by atoms with Gasteiger partial charge in [-0.25, -0.2) is 9.78 Å². The van der Waals surface area contributed by atoms with Crippen molar-refractivity contribution in [2.24, 2.45) is 0 Å². The van der Waals surface area contributed by atoms with E-state index in [1.165, 1.54) is 13.3 Å². The van der Waals surface area contributed by atoms with Crippen molar-refractivity contribution >= 4 is 29.2 Å². The van der Waals surface area contributed by atoms with E-state index in [2.05, 4.69) is 9.97 Å². The van der Waals surface area contributed by atoms with Crippen LogP contribution in [0.3, 0.4) is 0 Å². The highest BCUT2D eigenvalue weighted by Crippen LogP contribution is 2.25. The molecule has 2 aromatic heterocycles. The quantitative estimate of drug-likeness (QED) is 0.656. The molecule has 0 saturated carbocycles. The number of rotatable bonds is 4. The van der Waals surface area contributed by atoms with Crippen molar-refractivity contribution in [2.45, 2.75) is 6.54 Å². The SMILES string of the molecule is COC(=O)c1cnc(-c2cccnc2)n1Cc1cc(Cl)ccc1Cl. The van der Waals surface area contributed by atoms with Gasteiger partial charge in [0.25, 0.3) is 0 Å². The molecule has 0 aliphatic heterocycles. The molecule has 0 atom stereocenters. The number of aromatic nitrogens is 3. The zero-order valence-electron chi connectivity index (χ0n) is 12.7. The molecule has 1 aromatic carbocycles. The number of hydrogen-bond acceptors (Lipinski definition) is 4. The molecule has 3 rings (SSSR count). The van der Waals surface area contributed by atoms with Gasteiger partial charge >= 0.3 is 5.97 Å². The third-order valence-electron chi connectivity index (χ3n) is 3.51. The molecule has 0 saturated heterocycles. The Morgan fingerprint density at radius 3 is 2.79 bits per heavy atom. The van der Waals surface area contributed by atoms with Crippen molar-refractivity contribution in [3.63, 3.8) is 0 Å². The molecule has 24 heavy (non-hydrogen) atoms. The van der Waals surface area contributed by atoms with Crippen molar-refractivity contribution in [3.8, 4) is 11.4 Å². The summed E-state index contributed by atoms with van der Waals surface area (Å²) in [5.74, 6) is 0.121. The topological polar surface area (TPSA) is 57.0 Å². The maximum absolute atomic E-state index is 12.1. The monoisotopic (exact) mass is 361 g/mol. The number of halogens is 2. The first kappa shape index (κ1) is 16.5. The Labute approximate surface area is 148 Å². The van der Waals surface area contributed by atoms with Crippen LogP contribution < -0.4 is 0 Å². The number of benzene rings is 1. The Kier molecular flexibility index (Phi) is 4.83. The Hall–Kier alpha value is -2.37. The molecular formula is C17H13Cl2N3O2. The summed E-state index contributed by atoms with van der Waals surface area (Å²) in [5, 5.41) is 1.12. The van der Waals surface area contributed by atoms with Gasteiger partial charge in [-0.15, -0.1) is 0 Å². The molecule has 0 bridgehead atoms. The summed E-state index contributed by atoms with van der Waals surface area (Å²) < 4.78 is 6.58. The van der Waals surface area contributed by atoms with Gasteiger partial charge in [-0.3, -0.25) is 4.98 Å². The van der Waals surface area contributed by atoms with Gasteiger partial charge in [-0.1, -0.05) is 23.2 Å². The van der Waals surface area contributed by atoms with Crippen LogP contribution in [-0.4, -0.2) is 27.6 Å². The fraction of sp³-hybridized carbons (Fsp3) is 0.118. The van der Waals surface area contributed by atoms with Gasteiger partial charge in [0.05, 0.1) is 19.9 Å². The Bertz CT molecular complexity index is 879. The lowest BCUT2D eigenvalue weighted by molar-refractivity contribution is 0.0589. The van der Waals surface area contributed by atoms with E-state index in [4.69, 9.17) is 27.9 Å². The van der Waals surface area contributed by atoms with Crippen molar-refractivity contribution in [1.82, 2.24) is 14.5 Å². The van der Waals surface area contributed by atoms with Gasteiger partial charge in [-0.05, 0) is 35.9 Å². The van der Waals surface area contributed by atoms with Crippen LogP contribution in [0.5, 0.6) is 0 Å². The van der Waals surface area contributed by atoms with E-state index in [0.717, 1.165) is 11.1 Å². The van der Waals surface area contributed by atoms with Crippen LogP contribution in [-0.2, 0) is 11.3 Å². The van der Waals surface area contributed by atoms with Gasteiger partial charge in [0, 0.05) is 28.0 Å². The molecular weight excluding hydrogens is 349 g/mol. The first-order chi connectivity index (χ1) is 11.6. The summed E-state index contributed by atoms with van der Waals surface area (Å²) in [6, 6.07) is 8.87. The second kappa shape index (κ2) is 7.03. The van der Waals surface area contributed by atoms with Crippen LogP contribution in [0.4, 0.5) is 0 Å². The molecule has 5 nitrogen and oxygen atoms in total. The highest BCUT2D eigenvalue weighted by molar-refractivity contribution is 6.33. The minimum Gasteiger partial charge on any atom is -0.464 e. The van der Waals surface area contributed by atoms with Crippen molar-refractivity contribution in [1.29, 1.82) is 0 Å². The number of esters is 1. The summed E-state index contributed by atoms with van der Waals surface area (Å²) in [7, 11) is 1.33. The minimum absolute atomic E-state index is 0.326. The highest BCUT2D eigenvalue weighted by atomic mass is 35.5. The van der Waals surface area contributed by atoms with Crippen LogP contribution in [0.15, 0.2) is 48.9 Å². The number of methoxy groups -OCH3 is 1. The molecule has 0 aliphatic rings. The molecule has 2 heterocycles. The Morgan fingerprint density at radius 1 is 1.25 bits per heavy atom. The largest absolute Gasteiger partial charge is 0.464 e. The maximum Gasteiger partial charge on any atom is 0.356 e. The van der Waals surface area contributed by atoms with Gasteiger partial charge < -0.3 is 9.30 Å². The summed E-state index contributed by atoms with van der Waals surface area (Å²) in [6.45, 7) is 0.327. The Morgan fingerprint density at radius 2 is 2.08 bits per heavy atom. The minimum atomic E-state index is -0.476. The van der Waals surface area contributed by atoms with Crippen LogP contribution >= 0.6 is 23.2 Å². The first-order valence-electron chi connectivity index (χ1n) is 7.08. The van der Waals surface area contributed by atoms with Gasteiger partial charge in [0.15, 0.2) is 0 Å². The van der Waals surface area contributed by atoms with E-state index >= 15 is 0 Å². The molecule has 0 spiro atoms.